The van der Waals surface area contributed by atoms with Crippen molar-refractivity contribution in [2.75, 3.05) is 19.5 Å². The number of ether oxygens (including phenoxy) is 2. The number of hydrogen-bond acceptors (Lipinski definition) is 5. The molecular formula is C22H15F5N4O3. The third-order valence-electron chi connectivity index (χ3n) is 4.87. The van der Waals surface area contributed by atoms with E-state index in [1.54, 1.807) is 0 Å². The maximum absolute atomic E-state index is 13.9. The Morgan fingerprint density at radius 1 is 1.00 bits per heavy atom. The summed E-state index contributed by atoms with van der Waals surface area (Å²) in [5.74, 6) is -2.28. The van der Waals surface area contributed by atoms with Crippen LogP contribution in [-0.4, -0.2) is 34.7 Å². The Labute approximate surface area is 188 Å². The molecule has 12 heteroatoms. The van der Waals surface area contributed by atoms with Gasteiger partial charge >= 0.3 is 6.18 Å². The zero-order valence-electron chi connectivity index (χ0n) is 17.6. The lowest BCUT2D eigenvalue weighted by molar-refractivity contribution is -0.142. The Kier molecular flexibility index (Phi) is 5.82. The Hall–Kier alpha value is -4.22. The van der Waals surface area contributed by atoms with Crippen LogP contribution < -0.4 is 14.8 Å². The minimum absolute atomic E-state index is 0.122. The van der Waals surface area contributed by atoms with Crippen LogP contribution in [0.5, 0.6) is 11.5 Å². The quantitative estimate of drug-likeness (QED) is 0.410. The number of benzene rings is 2. The van der Waals surface area contributed by atoms with Crippen LogP contribution in [0.1, 0.15) is 16.1 Å². The highest BCUT2D eigenvalue weighted by Gasteiger charge is 2.36. The minimum atomic E-state index is -4.84. The van der Waals surface area contributed by atoms with Crippen molar-refractivity contribution in [1.82, 2.24) is 14.6 Å². The molecule has 176 valence electrons. The molecule has 1 N–H and O–H groups in total. The van der Waals surface area contributed by atoms with Gasteiger partial charge in [-0.2, -0.15) is 18.3 Å². The van der Waals surface area contributed by atoms with Crippen LogP contribution in [0, 0.1) is 11.6 Å². The van der Waals surface area contributed by atoms with E-state index in [1.165, 1.54) is 32.4 Å². The molecular weight excluding hydrogens is 463 g/mol. The molecule has 0 atom stereocenters. The molecule has 0 unspecified atom stereocenters. The van der Waals surface area contributed by atoms with Gasteiger partial charge < -0.3 is 14.8 Å². The highest BCUT2D eigenvalue weighted by molar-refractivity contribution is 6.08. The standard InChI is InChI=1S/C22H15F5N4O3/c1-33-17-6-3-11(7-18(17)34-2)16-9-19(22(25,26)27)31-20(29-16)13(10-28-31)21(32)30-15-5-4-12(23)8-14(15)24/h3-10H,1-2H3,(H,30,32). The molecule has 0 spiro atoms. The van der Waals surface area contributed by atoms with Crippen LogP contribution in [-0.2, 0) is 6.18 Å². The van der Waals surface area contributed by atoms with E-state index in [2.05, 4.69) is 15.4 Å². The molecule has 0 saturated heterocycles. The van der Waals surface area contributed by atoms with Crippen molar-refractivity contribution in [1.29, 1.82) is 0 Å². The van der Waals surface area contributed by atoms with E-state index in [1.807, 2.05) is 0 Å². The molecule has 7 nitrogen and oxygen atoms in total. The van der Waals surface area contributed by atoms with Crippen LogP contribution in [0.15, 0.2) is 48.7 Å². The largest absolute Gasteiger partial charge is 0.493 e. The number of anilines is 1. The average molecular weight is 478 g/mol. The van der Waals surface area contributed by atoms with Crippen molar-refractivity contribution in [2.24, 2.45) is 0 Å². The number of fused-ring (bicyclic) bond motifs is 1. The molecule has 4 aromatic rings. The van der Waals surface area contributed by atoms with Crippen LogP contribution >= 0.6 is 0 Å². The molecule has 0 aliphatic rings. The molecule has 0 bridgehead atoms. The van der Waals surface area contributed by atoms with Gasteiger partial charge in [-0.3, -0.25) is 4.79 Å². The third-order valence-corrected chi connectivity index (χ3v) is 4.87. The molecule has 34 heavy (non-hydrogen) atoms. The summed E-state index contributed by atoms with van der Waals surface area (Å²) in [5, 5.41) is 5.85. The molecule has 1 amide bonds. The lowest BCUT2D eigenvalue weighted by atomic mass is 10.1. The SMILES string of the molecule is COc1ccc(-c2cc(C(F)(F)F)n3ncc(C(=O)Nc4ccc(F)cc4F)c3n2)cc1OC. The monoisotopic (exact) mass is 478 g/mol. The summed E-state index contributed by atoms with van der Waals surface area (Å²) in [6.07, 6.45) is -3.96. The van der Waals surface area contributed by atoms with E-state index < -0.39 is 35.1 Å². The van der Waals surface area contributed by atoms with Crippen molar-refractivity contribution in [3.05, 3.63) is 71.6 Å². The molecule has 2 aromatic heterocycles. The van der Waals surface area contributed by atoms with E-state index in [-0.39, 0.29) is 28.3 Å². The van der Waals surface area contributed by atoms with Gasteiger partial charge in [0.15, 0.2) is 22.8 Å². The number of nitrogens with zero attached hydrogens (tertiary/aromatic N) is 3. The second kappa shape index (κ2) is 8.61. The first-order valence-corrected chi connectivity index (χ1v) is 9.57. The number of nitrogens with one attached hydrogen (secondary N) is 1. The lowest BCUT2D eigenvalue weighted by Gasteiger charge is -2.13. The summed E-state index contributed by atoms with van der Waals surface area (Å²) in [6.45, 7) is 0. The predicted octanol–water partition coefficient (Wildman–Crippen LogP) is 4.96. The highest BCUT2D eigenvalue weighted by atomic mass is 19.4. The fourth-order valence-corrected chi connectivity index (χ4v) is 3.25. The third kappa shape index (κ3) is 4.21. The number of methoxy groups -OCH3 is 2. The smallest absolute Gasteiger partial charge is 0.433 e. The van der Waals surface area contributed by atoms with Crippen molar-refractivity contribution < 1.29 is 36.2 Å². The van der Waals surface area contributed by atoms with Crippen molar-refractivity contribution in [3.8, 4) is 22.8 Å². The van der Waals surface area contributed by atoms with Crippen LogP contribution in [0.3, 0.4) is 0 Å². The molecule has 0 fully saturated rings. The number of alkyl halides is 3. The van der Waals surface area contributed by atoms with Crippen LogP contribution in [0.4, 0.5) is 27.6 Å². The first-order chi connectivity index (χ1) is 16.1. The fourth-order valence-electron chi connectivity index (χ4n) is 3.25. The van der Waals surface area contributed by atoms with Gasteiger partial charge in [-0.25, -0.2) is 18.3 Å². The van der Waals surface area contributed by atoms with Gasteiger partial charge in [0.25, 0.3) is 5.91 Å². The lowest BCUT2D eigenvalue weighted by Crippen LogP contribution is -2.16. The molecule has 2 aromatic carbocycles. The van der Waals surface area contributed by atoms with Gasteiger partial charge in [0.2, 0.25) is 0 Å². The molecule has 0 aliphatic carbocycles. The maximum atomic E-state index is 13.9. The Bertz CT molecular complexity index is 1400. The summed E-state index contributed by atoms with van der Waals surface area (Å²) in [4.78, 5) is 16.9. The van der Waals surface area contributed by atoms with E-state index in [4.69, 9.17) is 9.47 Å². The average Bonchev–Trinajstić information content (AvgIpc) is 3.23. The second-order valence-corrected chi connectivity index (χ2v) is 6.97. The van der Waals surface area contributed by atoms with Gasteiger partial charge in [-0.1, -0.05) is 0 Å². The highest BCUT2D eigenvalue weighted by Crippen LogP contribution is 2.36. The Morgan fingerprint density at radius 3 is 2.38 bits per heavy atom. The van der Waals surface area contributed by atoms with Gasteiger partial charge in [-0.05, 0) is 36.4 Å². The minimum Gasteiger partial charge on any atom is -0.493 e. The van der Waals surface area contributed by atoms with Crippen molar-refractivity contribution in [2.45, 2.75) is 6.18 Å². The summed E-state index contributed by atoms with van der Waals surface area (Å²) in [5.41, 5.74) is -2.19. The zero-order valence-corrected chi connectivity index (χ0v) is 17.6. The molecule has 0 saturated carbocycles. The molecule has 4 rings (SSSR count). The Morgan fingerprint density at radius 2 is 1.74 bits per heavy atom. The van der Waals surface area contributed by atoms with E-state index >= 15 is 0 Å². The summed E-state index contributed by atoms with van der Waals surface area (Å²) < 4.78 is 79.3. The van der Waals surface area contributed by atoms with E-state index in [0.29, 0.717) is 16.3 Å². The molecule has 0 radical (unpaired) electrons. The van der Waals surface area contributed by atoms with Crippen LogP contribution in [0.25, 0.3) is 16.9 Å². The Balaban J connectivity index is 1.85. The number of carbonyl (C=O) groups is 1. The number of rotatable bonds is 5. The molecule has 2 heterocycles. The first-order valence-electron chi connectivity index (χ1n) is 9.57. The van der Waals surface area contributed by atoms with Gasteiger partial charge in [0.1, 0.15) is 17.2 Å². The van der Waals surface area contributed by atoms with Gasteiger partial charge in [0, 0.05) is 11.6 Å². The predicted molar refractivity (Wildman–Crippen MR) is 111 cm³/mol. The zero-order chi connectivity index (χ0) is 24.6. The van der Waals surface area contributed by atoms with E-state index in [9.17, 15) is 26.7 Å². The number of hydrogen-bond donors (Lipinski definition) is 1. The van der Waals surface area contributed by atoms with Crippen molar-refractivity contribution in [3.63, 3.8) is 0 Å². The van der Waals surface area contributed by atoms with Crippen LogP contribution in [0.2, 0.25) is 0 Å². The summed E-state index contributed by atoms with van der Waals surface area (Å²) in [6, 6.07) is 7.64. The normalized spacial score (nSPS) is 11.5. The van der Waals surface area contributed by atoms with Gasteiger partial charge in [-0.15, -0.1) is 0 Å². The van der Waals surface area contributed by atoms with Gasteiger partial charge in [0.05, 0.1) is 31.8 Å². The van der Waals surface area contributed by atoms with Crippen molar-refractivity contribution >= 4 is 17.2 Å². The summed E-state index contributed by atoms with van der Waals surface area (Å²) >= 11 is 0. The first kappa shape index (κ1) is 23.0. The number of carbonyl (C=O) groups excluding carboxylic acids is 1. The molecule has 0 aliphatic heterocycles. The number of halogens is 5. The second-order valence-electron chi connectivity index (χ2n) is 6.97. The number of amides is 1. The summed E-state index contributed by atoms with van der Waals surface area (Å²) in [7, 11) is 2.78. The number of aromatic nitrogens is 3. The van der Waals surface area contributed by atoms with E-state index in [0.717, 1.165) is 24.4 Å². The maximum Gasteiger partial charge on any atom is 0.433 e. The topological polar surface area (TPSA) is 77.8 Å². The fraction of sp³-hybridized carbons (Fsp3) is 0.136.